The van der Waals surface area contributed by atoms with Gasteiger partial charge in [0.1, 0.15) is 0 Å². The molecule has 0 amide bonds. The molecule has 0 fully saturated rings. The average Bonchev–Trinajstić information content (AvgIpc) is 2.86. The molecule has 5 heteroatoms. The molecule has 0 saturated heterocycles. The Morgan fingerprint density at radius 2 is 1.63 bits per heavy atom. The van der Waals surface area contributed by atoms with E-state index in [-0.39, 0.29) is 0 Å². The van der Waals surface area contributed by atoms with Crippen molar-refractivity contribution in [2.45, 2.75) is 6.42 Å². The molecule has 19 heavy (non-hydrogen) atoms. The van der Waals surface area contributed by atoms with Crippen molar-refractivity contribution in [2.75, 3.05) is 11.9 Å². The molecular formula is C14H9Cl4N. The molecule has 0 radical (unpaired) electrons. The zero-order chi connectivity index (χ0) is 13.6. The minimum absolute atomic E-state index is 0.412. The number of rotatable bonds is 1. The van der Waals surface area contributed by atoms with E-state index in [0.29, 0.717) is 25.7 Å². The Bertz CT molecular complexity index is 641. The van der Waals surface area contributed by atoms with Crippen molar-refractivity contribution in [1.82, 2.24) is 0 Å². The zero-order valence-corrected chi connectivity index (χ0v) is 12.8. The third-order valence-corrected chi connectivity index (χ3v) is 4.82. The molecule has 1 aliphatic rings. The number of nitrogens with one attached hydrogen (secondary N) is 1. The molecule has 3 rings (SSSR count). The first kappa shape index (κ1) is 13.4. The fourth-order valence-electron chi connectivity index (χ4n) is 2.39. The van der Waals surface area contributed by atoms with Gasteiger partial charge in [0.05, 0.1) is 20.1 Å². The monoisotopic (exact) mass is 331 g/mol. The minimum atomic E-state index is 0.412. The second-order valence-corrected chi connectivity index (χ2v) is 5.92. The minimum Gasteiger partial charge on any atom is -0.384 e. The summed E-state index contributed by atoms with van der Waals surface area (Å²) >= 11 is 24.8. The van der Waals surface area contributed by atoms with E-state index in [1.165, 1.54) is 5.56 Å². The fourth-order valence-corrected chi connectivity index (χ4v) is 3.40. The molecule has 0 saturated carbocycles. The van der Waals surface area contributed by atoms with Gasteiger partial charge in [-0.05, 0) is 29.7 Å². The molecule has 0 unspecified atom stereocenters. The normalized spacial score (nSPS) is 13.3. The summed E-state index contributed by atoms with van der Waals surface area (Å²) in [5.41, 5.74) is 4.01. The molecule has 1 heterocycles. The van der Waals surface area contributed by atoms with Crippen LogP contribution in [0, 0.1) is 0 Å². The second-order valence-electron chi connectivity index (χ2n) is 4.35. The number of hydrogen-bond donors (Lipinski definition) is 1. The average molecular weight is 333 g/mol. The van der Waals surface area contributed by atoms with E-state index in [9.17, 15) is 0 Å². The van der Waals surface area contributed by atoms with E-state index in [0.717, 1.165) is 24.2 Å². The summed E-state index contributed by atoms with van der Waals surface area (Å²) in [5, 5.41) is 5.03. The SMILES string of the molecule is Clc1cc(Cl)c(Cl)c(-c2cccc3c2CCN3)c1Cl. The van der Waals surface area contributed by atoms with Crippen molar-refractivity contribution in [3.8, 4) is 11.1 Å². The van der Waals surface area contributed by atoms with E-state index in [1.54, 1.807) is 6.07 Å². The Morgan fingerprint density at radius 1 is 0.947 bits per heavy atom. The maximum Gasteiger partial charge on any atom is 0.0686 e. The Hall–Kier alpha value is -0.600. The number of hydrogen-bond acceptors (Lipinski definition) is 1. The molecule has 2 aromatic rings. The Morgan fingerprint density at radius 3 is 2.32 bits per heavy atom. The molecule has 0 bridgehead atoms. The molecular weight excluding hydrogens is 324 g/mol. The Labute approximate surface area is 131 Å². The molecule has 0 atom stereocenters. The van der Waals surface area contributed by atoms with Gasteiger partial charge in [0, 0.05) is 17.8 Å². The van der Waals surface area contributed by atoms with Crippen molar-refractivity contribution >= 4 is 52.1 Å². The van der Waals surface area contributed by atoms with Crippen LogP contribution in [0.15, 0.2) is 24.3 Å². The lowest BCUT2D eigenvalue weighted by atomic mass is 9.97. The third kappa shape index (κ3) is 2.19. The van der Waals surface area contributed by atoms with E-state index >= 15 is 0 Å². The lowest BCUT2D eigenvalue weighted by Crippen LogP contribution is -1.90. The predicted molar refractivity (Wildman–Crippen MR) is 84.1 cm³/mol. The number of anilines is 1. The summed E-state index contributed by atoms with van der Waals surface area (Å²) in [6.07, 6.45) is 0.933. The second kappa shape index (κ2) is 5.06. The van der Waals surface area contributed by atoms with Crippen LogP contribution in [0.25, 0.3) is 11.1 Å². The highest BCUT2D eigenvalue weighted by molar-refractivity contribution is 6.50. The van der Waals surface area contributed by atoms with Crippen LogP contribution < -0.4 is 5.32 Å². The van der Waals surface area contributed by atoms with Crippen molar-refractivity contribution in [3.05, 3.63) is 49.9 Å². The summed E-state index contributed by atoms with van der Waals surface area (Å²) in [7, 11) is 0. The molecule has 0 spiro atoms. The summed E-state index contributed by atoms with van der Waals surface area (Å²) in [5.74, 6) is 0. The van der Waals surface area contributed by atoms with Gasteiger partial charge >= 0.3 is 0 Å². The Kier molecular flexibility index (Phi) is 3.57. The van der Waals surface area contributed by atoms with E-state index in [2.05, 4.69) is 5.32 Å². The van der Waals surface area contributed by atoms with Crippen LogP contribution in [0.4, 0.5) is 5.69 Å². The maximum atomic E-state index is 6.31. The quantitative estimate of drug-likeness (QED) is 0.637. The molecule has 2 aromatic carbocycles. The van der Waals surface area contributed by atoms with Gasteiger partial charge in [0.2, 0.25) is 0 Å². The van der Waals surface area contributed by atoms with Gasteiger partial charge < -0.3 is 5.32 Å². The third-order valence-electron chi connectivity index (χ3n) is 3.25. The maximum absolute atomic E-state index is 6.31. The van der Waals surface area contributed by atoms with Gasteiger partial charge in [0.25, 0.3) is 0 Å². The number of fused-ring (bicyclic) bond motifs is 1. The highest BCUT2D eigenvalue weighted by Crippen LogP contribution is 2.45. The lowest BCUT2D eigenvalue weighted by molar-refractivity contribution is 1.11. The molecule has 98 valence electrons. The largest absolute Gasteiger partial charge is 0.384 e. The standard InChI is InChI=1S/C14H9Cl4N/c15-9-6-10(16)14(18)12(13(9)17)8-2-1-3-11-7(8)4-5-19-11/h1-3,6,19H,4-5H2. The smallest absolute Gasteiger partial charge is 0.0686 e. The summed E-state index contributed by atoms with van der Waals surface area (Å²) < 4.78 is 0. The van der Waals surface area contributed by atoms with Gasteiger partial charge in [-0.15, -0.1) is 0 Å². The first-order valence-electron chi connectivity index (χ1n) is 5.78. The summed E-state index contributed by atoms with van der Waals surface area (Å²) in [6, 6.07) is 7.57. The number of halogens is 4. The van der Waals surface area contributed by atoms with Gasteiger partial charge in [-0.2, -0.15) is 0 Å². The van der Waals surface area contributed by atoms with Crippen molar-refractivity contribution in [3.63, 3.8) is 0 Å². The summed E-state index contributed by atoms with van der Waals surface area (Å²) in [4.78, 5) is 0. The highest BCUT2D eigenvalue weighted by atomic mass is 35.5. The fraction of sp³-hybridized carbons (Fsp3) is 0.143. The molecule has 1 nitrogen and oxygen atoms in total. The predicted octanol–water partition coefficient (Wildman–Crippen LogP) is 5.94. The topological polar surface area (TPSA) is 12.0 Å². The van der Waals surface area contributed by atoms with Gasteiger partial charge in [-0.3, -0.25) is 0 Å². The van der Waals surface area contributed by atoms with Crippen molar-refractivity contribution in [2.24, 2.45) is 0 Å². The van der Waals surface area contributed by atoms with Crippen LogP contribution in [-0.2, 0) is 6.42 Å². The van der Waals surface area contributed by atoms with Crippen LogP contribution in [0.3, 0.4) is 0 Å². The van der Waals surface area contributed by atoms with Crippen molar-refractivity contribution < 1.29 is 0 Å². The van der Waals surface area contributed by atoms with Crippen molar-refractivity contribution in [1.29, 1.82) is 0 Å². The van der Waals surface area contributed by atoms with Crippen LogP contribution in [0.5, 0.6) is 0 Å². The van der Waals surface area contributed by atoms with Crippen LogP contribution >= 0.6 is 46.4 Å². The molecule has 1 N–H and O–H groups in total. The summed E-state index contributed by atoms with van der Waals surface area (Å²) in [6.45, 7) is 0.913. The van der Waals surface area contributed by atoms with Crippen LogP contribution in [0.1, 0.15) is 5.56 Å². The zero-order valence-electron chi connectivity index (χ0n) is 9.74. The first-order valence-corrected chi connectivity index (χ1v) is 7.30. The van der Waals surface area contributed by atoms with Gasteiger partial charge in [-0.1, -0.05) is 58.5 Å². The van der Waals surface area contributed by atoms with E-state index < -0.39 is 0 Å². The van der Waals surface area contributed by atoms with Gasteiger partial charge in [-0.25, -0.2) is 0 Å². The Balaban J connectivity index is 2.32. The molecule has 0 aromatic heterocycles. The van der Waals surface area contributed by atoms with Crippen LogP contribution in [0.2, 0.25) is 20.1 Å². The lowest BCUT2D eigenvalue weighted by Gasteiger charge is -2.14. The van der Waals surface area contributed by atoms with E-state index in [1.807, 2.05) is 18.2 Å². The van der Waals surface area contributed by atoms with E-state index in [4.69, 9.17) is 46.4 Å². The number of benzene rings is 2. The molecule has 1 aliphatic heterocycles. The first-order chi connectivity index (χ1) is 9.09. The van der Waals surface area contributed by atoms with Gasteiger partial charge in [0.15, 0.2) is 0 Å². The highest BCUT2D eigenvalue weighted by Gasteiger charge is 2.21. The van der Waals surface area contributed by atoms with Crippen LogP contribution in [-0.4, -0.2) is 6.54 Å². The molecule has 0 aliphatic carbocycles.